The summed E-state index contributed by atoms with van der Waals surface area (Å²) in [5, 5.41) is 10.4. The van der Waals surface area contributed by atoms with E-state index in [1.807, 2.05) is 43.1 Å². The number of hydrogen-bond donors (Lipinski definition) is 2. The van der Waals surface area contributed by atoms with E-state index in [1.54, 1.807) is 12.1 Å². The number of carbonyl (C=O) groups is 1. The fraction of sp³-hybridized carbons (Fsp3) is 0.375. The Balaban J connectivity index is 0.000000153. The number of anilines is 1. The van der Waals surface area contributed by atoms with Crippen molar-refractivity contribution in [2.45, 2.75) is 25.3 Å². The average Bonchev–Trinajstić information content (AvgIpc) is 3.58. The van der Waals surface area contributed by atoms with Crippen molar-refractivity contribution in [3.63, 3.8) is 0 Å². The van der Waals surface area contributed by atoms with E-state index >= 15 is 0 Å². The summed E-state index contributed by atoms with van der Waals surface area (Å²) in [4.78, 5) is 17.5. The Morgan fingerprint density at radius 1 is 1.19 bits per heavy atom. The van der Waals surface area contributed by atoms with Crippen LogP contribution in [0.1, 0.15) is 40.5 Å². The van der Waals surface area contributed by atoms with Crippen LogP contribution in [0.4, 0.5) is 10.1 Å². The van der Waals surface area contributed by atoms with Gasteiger partial charge in [-0.25, -0.2) is 9.37 Å². The number of carbonyl (C=O) groups excluding carboxylic acids is 1. The van der Waals surface area contributed by atoms with Crippen LogP contribution < -0.4 is 5.32 Å². The maximum Gasteiger partial charge on any atom is 0.181 e. The molecule has 168 valence electrons. The van der Waals surface area contributed by atoms with E-state index in [0.717, 1.165) is 59.6 Å². The lowest BCUT2D eigenvalue weighted by molar-refractivity contribution is 0.111. The molecule has 1 aromatic heterocycles. The first kappa shape index (κ1) is 22.5. The minimum atomic E-state index is -0.437. The summed E-state index contributed by atoms with van der Waals surface area (Å²) in [7, 11) is 1.91. The van der Waals surface area contributed by atoms with Gasteiger partial charge in [0.05, 0.1) is 5.56 Å². The van der Waals surface area contributed by atoms with Gasteiger partial charge in [0.1, 0.15) is 11.6 Å². The molecule has 1 aliphatic heterocycles. The van der Waals surface area contributed by atoms with Gasteiger partial charge >= 0.3 is 0 Å². The smallest absolute Gasteiger partial charge is 0.181 e. The van der Waals surface area contributed by atoms with Crippen molar-refractivity contribution in [1.82, 2.24) is 20.1 Å². The highest BCUT2D eigenvalue weighted by Crippen LogP contribution is 2.38. The first-order valence-corrected chi connectivity index (χ1v) is 12.1. The molecule has 1 aliphatic carbocycles. The van der Waals surface area contributed by atoms with Crippen LogP contribution in [0.5, 0.6) is 0 Å². The zero-order valence-corrected chi connectivity index (χ0v) is 19.0. The summed E-state index contributed by atoms with van der Waals surface area (Å²) >= 11 is 1.96. The standard InChI is InChI=1S/C12H14FNOS.C12H14N4/c13-12-2-1-10(7-11(12)9-15)8-14-3-5-16-6-4-14;1-13-10-6-4-9(5-7-10)12-14-11(15-16-12)8-2-3-8/h1-2,7,9H,3-6,8H2;4-8,13H,2-3H2,1H3,(H,14,15,16). The fourth-order valence-corrected chi connectivity index (χ4v) is 4.51. The minimum absolute atomic E-state index is 0.156. The molecule has 0 unspecified atom stereocenters. The molecular weight excluding hydrogens is 425 g/mol. The van der Waals surface area contributed by atoms with Crippen LogP contribution in [-0.2, 0) is 6.54 Å². The normalized spacial score (nSPS) is 16.2. The molecule has 0 bridgehead atoms. The lowest BCUT2D eigenvalue weighted by Crippen LogP contribution is -2.31. The molecule has 5 rings (SSSR count). The molecule has 0 atom stereocenters. The third kappa shape index (κ3) is 5.95. The van der Waals surface area contributed by atoms with Gasteiger partial charge in [0, 0.05) is 55.4 Å². The van der Waals surface area contributed by atoms with E-state index in [2.05, 4.69) is 25.4 Å². The number of aldehydes is 1. The molecule has 2 aromatic carbocycles. The zero-order valence-electron chi connectivity index (χ0n) is 18.2. The van der Waals surface area contributed by atoms with Crippen LogP contribution in [-0.4, -0.2) is 58.0 Å². The zero-order chi connectivity index (χ0) is 22.3. The second kappa shape index (κ2) is 10.7. The van der Waals surface area contributed by atoms with E-state index in [4.69, 9.17) is 0 Å². The molecule has 2 heterocycles. The summed E-state index contributed by atoms with van der Waals surface area (Å²) < 4.78 is 13.1. The number of halogens is 1. The molecule has 32 heavy (non-hydrogen) atoms. The van der Waals surface area contributed by atoms with Gasteiger partial charge < -0.3 is 5.32 Å². The molecule has 1 saturated heterocycles. The molecule has 8 heteroatoms. The molecule has 2 fully saturated rings. The van der Waals surface area contributed by atoms with Crippen molar-refractivity contribution >= 4 is 23.7 Å². The maximum atomic E-state index is 13.1. The number of nitrogens with one attached hydrogen (secondary N) is 2. The van der Waals surface area contributed by atoms with Gasteiger partial charge in [0.15, 0.2) is 12.1 Å². The minimum Gasteiger partial charge on any atom is -0.388 e. The largest absolute Gasteiger partial charge is 0.388 e. The molecule has 0 spiro atoms. The van der Waals surface area contributed by atoms with Crippen molar-refractivity contribution in [3.8, 4) is 11.4 Å². The Bertz CT molecular complexity index is 1030. The van der Waals surface area contributed by atoms with E-state index in [1.165, 1.54) is 18.9 Å². The van der Waals surface area contributed by atoms with Gasteiger partial charge in [-0.15, -0.1) is 0 Å². The predicted octanol–water partition coefficient (Wildman–Crippen LogP) is 4.58. The summed E-state index contributed by atoms with van der Waals surface area (Å²) in [6.45, 7) is 2.94. The Hall–Kier alpha value is -2.71. The molecule has 0 radical (unpaired) electrons. The van der Waals surface area contributed by atoms with Crippen molar-refractivity contribution in [1.29, 1.82) is 0 Å². The molecule has 3 aromatic rings. The Morgan fingerprint density at radius 3 is 2.59 bits per heavy atom. The second-order valence-electron chi connectivity index (χ2n) is 8.01. The highest BCUT2D eigenvalue weighted by Gasteiger charge is 2.27. The first-order chi connectivity index (χ1) is 15.7. The topological polar surface area (TPSA) is 73.9 Å². The van der Waals surface area contributed by atoms with E-state index in [0.29, 0.717) is 12.2 Å². The SMILES string of the molecule is CNc1ccc(-c2n[nH]c(C3CC3)n2)cc1.O=Cc1cc(CN2CCSCC2)ccc1F. The number of thioether (sulfide) groups is 1. The second-order valence-corrected chi connectivity index (χ2v) is 9.23. The van der Waals surface area contributed by atoms with E-state index in [-0.39, 0.29) is 5.56 Å². The lowest BCUT2D eigenvalue weighted by Gasteiger charge is -2.26. The quantitative estimate of drug-likeness (QED) is 0.533. The number of H-pyrrole nitrogens is 1. The van der Waals surface area contributed by atoms with Crippen LogP contribution >= 0.6 is 11.8 Å². The third-order valence-corrected chi connectivity index (χ3v) is 6.54. The van der Waals surface area contributed by atoms with Gasteiger partial charge in [0.25, 0.3) is 0 Å². The summed E-state index contributed by atoms with van der Waals surface area (Å²) in [5.41, 5.74) is 3.32. The highest BCUT2D eigenvalue weighted by molar-refractivity contribution is 7.99. The van der Waals surface area contributed by atoms with Crippen molar-refractivity contribution in [3.05, 3.63) is 65.2 Å². The first-order valence-electron chi connectivity index (χ1n) is 10.9. The van der Waals surface area contributed by atoms with Gasteiger partial charge in [0.2, 0.25) is 0 Å². The molecule has 2 aliphatic rings. The van der Waals surface area contributed by atoms with Crippen molar-refractivity contribution < 1.29 is 9.18 Å². The van der Waals surface area contributed by atoms with Crippen molar-refractivity contribution in [2.24, 2.45) is 0 Å². The van der Waals surface area contributed by atoms with Gasteiger partial charge in [-0.05, 0) is 54.8 Å². The average molecular weight is 454 g/mol. The monoisotopic (exact) mass is 453 g/mol. The number of aromatic nitrogens is 3. The van der Waals surface area contributed by atoms with E-state index in [9.17, 15) is 9.18 Å². The summed E-state index contributed by atoms with van der Waals surface area (Å²) in [6.07, 6.45) is 3.06. The Labute approximate surface area is 192 Å². The molecule has 0 amide bonds. The Kier molecular flexibility index (Phi) is 7.55. The highest BCUT2D eigenvalue weighted by atomic mass is 32.2. The molecule has 2 N–H and O–H groups in total. The van der Waals surface area contributed by atoms with Crippen LogP contribution in [0.25, 0.3) is 11.4 Å². The summed E-state index contributed by atoms with van der Waals surface area (Å²) in [6, 6.07) is 12.9. The van der Waals surface area contributed by atoms with Crippen LogP contribution in [0.3, 0.4) is 0 Å². The lowest BCUT2D eigenvalue weighted by atomic mass is 10.1. The number of aromatic amines is 1. The number of benzene rings is 2. The van der Waals surface area contributed by atoms with Crippen molar-refractivity contribution in [2.75, 3.05) is 37.0 Å². The maximum absolute atomic E-state index is 13.1. The van der Waals surface area contributed by atoms with Crippen LogP contribution in [0.2, 0.25) is 0 Å². The number of hydrogen-bond acceptors (Lipinski definition) is 6. The predicted molar refractivity (Wildman–Crippen MR) is 128 cm³/mol. The molecule has 1 saturated carbocycles. The third-order valence-electron chi connectivity index (χ3n) is 5.60. The number of nitrogens with zero attached hydrogens (tertiary/aromatic N) is 3. The molecular formula is C24H28FN5OS. The van der Waals surface area contributed by atoms with Gasteiger partial charge in [-0.3, -0.25) is 14.8 Å². The van der Waals surface area contributed by atoms with E-state index < -0.39 is 5.82 Å². The summed E-state index contributed by atoms with van der Waals surface area (Å²) in [5.74, 6) is 4.33. The Morgan fingerprint density at radius 2 is 1.94 bits per heavy atom. The number of rotatable bonds is 6. The van der Waals surface area contributed by atoms with Crippen LogP contribution in [0.15, 0.2) is 42.5 Å². The molecule has 6 nitrogen and oxygen atoms in total. The van der Waals surface area contributed by atoms with Gasteiger partial charge in [-0.1, -0.05) is 6.07 Å². The van der Waals surface area contributed by atoms with Gasteiger partial charge in [-0.2, -0.15) is 16.9 Å². The fourth-order valence-electron chi connectivity index (χ4n) is 3.53. The van der Waals surface area contributed by atoms with Crippen LogP contribution in [0, 0.1) is 5.82 Å².